The minimum atomic E-state index is -0.970. The smallest absolute Gasteiger partial charge is 0.335 e. The fourth-order valence-electron chi connectivity index (χ4n) is 2.42. The summed E-state index contributed by atoms with van der Waals surface area (Å²) in [4.78, 5) is 24.7. The first kappa shape index (κ1) is 15.3. The number of likely N-dealkylation sites (tertiary alicyclic amines) is 1. The third-order valence-electron chi connectivity index (χ3n) is 3.62. The normalized spacial score (nSPS) is 18.3. The maximum Gasteiger partial charge on any atom is 0.335 e. The molecule has 1 heterocycles. The number of piperidine rings is 1. The lowest BCUT2D eigenvalue weighted by molar-refractivity contribution is 0.0434. The standard InChI is InChI=1S/C15H20N2O4/c1-21-13-6-3-7-17(10-13)15(20)16-9-11-4-2-5-12(8-11)14(18)19/h2,4-5,8,13H,3,6-7,9-10H2,1H3,(H,16,20)(H,18,19). The highest BCUT2D eigenvalue weighted by molar-refractivity contribution is 5.87. The summed E-state index contributed by atoms with van der Waals surface area (Å²) in [5.41, 5.74) is 0.989. The van der Waals surface area contributed by atoms with E-state index in [1.807, 2.05) is 0 Å². The van der Waals surface area contributed by atoms with Crippen LogP contribution in [0.4, 0.5) is 4.79 Å². The molecule has 1 saturated heterocycles. The van der Waals surface area contributed by atoms with E-state index in [4.69, 9.17) is 9.84 Å². The second kappa shape index (κ2) is 7.08. The Labute approximate surface area is 123 Å². The number of carbonyl (C=O) groups is 2. The highest BCUT2D eigenvalue weighted by atomic mass is 16.5. The average Bonchev–Trinajstić information content (AvgIpc) is 2.53. The fraction of sp³-hybridized carbons (Fsp3) is 0.467. The summed E-state index contributed by atoms with van der Waals surface area (Å²) in [5, 5.41) is 11.8. The van der Waals surface area contributed by atoms with Gasteiger partial charge in [-0.25, -0.2) is 9.59 Å². The maximum absolute atomic E-state index is 12.1. The van der Waals surface area contributed by atoms with E-state index in [0.717, 1.165) is 24.9 Å². The largest absolute Gasteiger partial charge is 0.478 e. The van der Waals surface area contributed by atoms with Crippen LogP contribution in [-0.2, 0) is 11.3 Å². The van der Waals surface area contributed by atoms with Crippen molar-refractivity contribution in [3.8, 4) is 0 Å². The van der Waals surface area contributed by atoms with Gasteiger partial charge in [-0.15, -0.1) is 0 Å². The summed E-state index contributed by atoms with van der Waals surface area (Å²) in [6, 6.07) is 6.42. The second-order valence-corrected chi connectivity index (χ2v) is 5.11. The molecule has 6 heteroatoms. The quantitative estimate of drug-likeness (QED) is 0.885. The minimum absolute atomic E-state index is 0.0971. The number of nitrogens with one attached hydrogen (secondary N) is 1. The molecule has 1 aromatic carbocycles. The lowest BCUT2D eigenvalue weighted by Gasteiger charge is -2.31. The molecule has 2 N–H and O–H groups in total. The molecule has 21 heavy (non-hydrogen) atoms. The highest BCUT2D eigenvalue weighted by Gasteiger charge is 2.23. The van der Waals surface area contributed by atoms with Gasteiger partial charge in [0.2, 0.25) is 0 Å². The van der Waals surface area contributed by atoms with Crippen LogP contribution in [-0.4, -0.2) is 48.3 Å². The van der Waals surface area contributed by atoms with Gasteiger partial charge in [0.1, 0.15) is 0 Å². The molecule has 0 radical (unpaired) electrons. The van der Waals surface area contributed by atoms with Crippen molar-refractivity contribution in [3.63, 3.8) is 0 Å². The number of nitrogens with zero attached hydrogens (tertiary/aromatic N) is 1. The van der Waals surface area contributed by atoms with Gasteiger partial charge in [-0.3, -0.25) is 0 Å². The molecule has 1 aliphatic rings. The van der Waals surface area contributed by atoms with Crippen LogP contribution in [0, 0.1) is 0 Å². The molecule has 1 fully saturated rings. The third kappa shape index (κ3) is 4.19. The van der Waals surface area contributed by atoms with E-state index in [-0.39, 0.29) is 17.7 Å². The monoisotopic (exact) mass is 292 g/mol. The summed E-state index contributed by atoms with van der Waals surface area (Å²) in [5.74, 6) is -0.970. The number of methoxy groups -OCH3 is 1. The highest BCUT2D eigenvalue weighted by Crippen LogP contribution is 2.12. The predicted molar refractivity (Wildman–Crippen MR) is 77.2 cm³/mol. The van der Waals surface area contributed by atoms with E-state index in [0.29, 0.717) is 13.1 Å². The summed E-state index contributed by atoms with van der Waals surface area (Å²) in [6.07, 6.45) is 2.00. The van der Waals surface area contributed by atoms with Gasteiger partial charge >= 0.3 is 12.0 Å². The summed E-state index contributed by atoms with van der Waals surface area (Å²) < 4.78 is 5.29. The van der Waals surface area contributed by atoms with Gasteiger partial charge in [-0.1, -0.05) is 12.1 Å². The Morgan fingerprint density at radius 3 is 3.00 bits per heavy atom. The van der Waals surface area contributed by atoms with E-state index in [1.54, 1.807) is 30.2 Å². The van der Waals surface area contributed by atoms with Crippen molar-refractivity contribution >= 4 is 12.0 Å². The summed E-state index contributed by atoms with van der Waals surface area (Å²) in [6.45, 7) is 1.63. The maximum atomic E-state index is 12.1. The van der Waals surface area contributed by atoms with Crippen molar-refractivity contribution in [2.45, 2.75) is 25.5 Å². The molecule has 1 aliphatic heterocycles. The lowest BCUT2D eigenvalue weighted by atomic mass is 10.1. The van der Waals surface area contributed by atoms with Crippen molar-refractivity contribution in [1.82, 2.24) is 10.2 Å². The number of rotatable bonds is 4. The summed E-state index contributed by atoms with van der Waals surface area (Å²) in [7, 11) is 1.66. The van der Waals surface area contributed by atoms with Crippen LogP contribution < -0.4 is 5.32 Å². The van der Waals surface area contributed by atoms with E-state index >= 15 is 0 Å². The SMILES string of the molecule is COC1CCCN(C(=O)NCc2cccc(C(=O)O)c2)C1. The zero-order chi connectivity index (χ0) is 15.2. The third-order valence-corrected chi connectivity index (χ3v) is 3.62. The van der Waals surface area contributed by atoms with Gasteiger partial charge in [-0.2, -0.15) is 0 Å². The van der Waals surface area contributed by atoms with Gasteiger partial charge in [-0.05, 0) is 30.5 Å². The lowest BCUT2D eigenvalue weighted by Crippen LogP contribution is -2.47. The van der Waals surface area contributed by atoms with Gasteiger partial charge in [0.25, 0.3) is 0 Å². The number of carboxylic acid groups (broad SMARTS) is 1. The number of aromatic carboxylic acids is 1. The number of carbonyl (C=O) groups excluding carboxylic acids is 1. The fourth-order valence-corrected chi connectivity index (χ4v) is 2.42. The van der Waals surface area contributed by atoms with Crippen LogP contribution in [0.3, 0.4) is 0 Å². The van der Waals surface area contributed by atoms with Crippen LogP contribution >= 0.6 is 0 Å². The number of benzene rings is 1. The molecular formula is C15H20N2O4. The van der Waals surface area contributed by atoms with E-state index in [9.17, 15) is 9.59 Å². The molecule has 114 valence electrons. The number of urea groups is 1. The van der Waals surface area contributed by atoms with Crippen molar-refractivity contribution < 1.29 is 19.4 Å². The van der Waals surface area contributed by atoms with Gasteiger partial charge in [0.15, 0.2) is 0 Å². The first-order chi connectivity index (χ1) is 10.1. The van der Waals surface area contributed by atoms with E-state index in [2.05, 4.69) is 5.32 Å². The van der Waals surface area contributed by atoms with Crippen LogP contribution in [0.2, 0.25) is 0 Å². The Morgan fingerprint density at radius 2 is 2.29 bits per heavy atom. The summed E-state index contributed by atoms with van der Waals surface area (Å²) >= 11 is 0. The predicted octanol–water partition coefficient (Wildman–Crippen LogP) is 1.71. The van der Waals surface area contributed by atoms with Crippen molar-refractivity contribution in [3.05, 3.63) is 35.4 Å². The first-order valence-electron chi connectivity index (χ1n) is 6.98. The molecule has 0 bridgehead atoms. The Hall–Kier alpha value is -2.08. The van der Waals surface area contributed by atoms with Gasteiger partial charge in [0, 0.05) is 26.7 Å². The number of ether oxygens (including phenoxy) is 1. The molecule has 1 unspecified atom stereocenters. The zero-order valence-corrected chi connectivity index (χ0v) is 12.0. The molecule has 0 spiro atoms. The van der Waals surface area contributed by atoms with Crippen LogP contribution in [0.5, 0.6) is 0 Å². The Bertz CT molecular complexity index is 518. The molecule has 1 atom stereocenters. The van der Waals surface area contributed by atoms with Gasteiger partial charge < -0.3 is 20.1 Å². The molecular weight excluding hydrogens is 272 g/mol. The Kier molecular flexibility index (Phi) is 5.16. The molecule has 6 nitrogen and oxygen atoms in total. The molecule has 0 saturated carbocycles. The van der Waals surface area contributed by atoms with E-state index in [1.165, 1.54) is 6.07 Å². The van der Waals surface area contributed by atoms with Crippen LogP contribution in [0.25, 0.3) is 0 Å². The number of amides is 2. The van der Waals surface area contributed by atoms with Gasteiger partial charge in [0.05, 0.1) is 11.7 Å². The number of hydrogen-bond donors (Lipinski definition) is 2. The van der Waals surface area contributed by atoms with Crippen LogP contribution in [0.1, 0.15) is 28.8 Å². The van der Waals surface area contributed by atoms with Crippen molar-refractivity contribution in [1.29, 1.82) is 0 Å². The Balaban J connectivity index is 1.89. The molecule has 0 aromatic heterocycles. The van der Waals surface area contributed by atoms with E-state index < -0.39 is 5.97 Å². The number of carboxylic acids is 1. The molecule has 1 aromatic rings. The topological polar surface area (TPSA) is 78.9 Å². The van der Waals surface area contributed by atoms with Crippen molar-refractivity contribution in [2.24, 2.45) is 0 Å². The molecule has 0 aliphatic carbocycles. The first-order valence-corrected chi connectivity index (χ1v) is 6.98. The zero-order valence-electron chi connectivity index (χ0n) is 12.0. The Morgan fingerprint density at radius 1 is 1.48 bits per heavy atom. The number of hydrogen-bond acceptors (Lipinski definition) is 3. The minimum Gasteiger partial charge on any atom is -0.478 e. The molecule has 2 rings (SSSR count). The second-order valence-electron chi connectivity index (χ2n) is 5.11. The molecule has 2 amide bonds. The van der Waals surface area contributed by atoms with Crippen LogP contribution in [0.15, 0.2) is 24.3 Å². The average molecular weight is 292 g/mol. The van der Waals surface area contributed by atoms with Crippen molar-refractivity contribution in [2.75, 3.05) is 20.2 Å².